The van der Waals surface area contributed by atoms with Crippen LogP contribution < -0.4 is 0 Å². The average Bonchev–Trinajstić information content (AvgIpc) is 2.17. The van der Waals surface area contributed by atoms with Gasteiger partial charge in [0.15, 0.2) is 0 Å². The van der Waals surface area contributed by atoms with Crippen molar-refractivity contribution in [2.75, 3.05) is 0 Å². The van der Waals surface area contributed by atoms with Gasteiger partial charge in [-0.1, -0.05) is 26.7 Å². The molecule has 0 aromatic heterocycles. The van der Waals surface area contributed by atoms with Gasteiger partial charge in [0.2, 0.25) is 0 Å². The van der Waals surface area contributed by atoms with Crippen LogP contribution in [-0.2, 0) is 4.79 Å². The molecule has 0 spiro atoms. The van der Waals surface area contributed by atoms with Crippen LogP contribution in [0.4, 0.5) is 0 Å². The van der Waals surface area contributed by atoms with Gasteiger partial charge in [-0.15, -0.1) is 0 Å². The number of aliphatic hydroxyl groups is 1. The Bertz CT molecular complexity index is 270. The van der Waals surface area contributed by atoms with Crippen molar-refractivity contribution in [1.82, 2.24) is 0 Å². The Morgan fingerprint density at radius 1 is 1.38 bits per heavy atom. The van der Waals surface area contributed by atoms with Gasteiger partial charge in [0.05, 0.1) is 11.0 Å². The smallest absolute Gasteiger partial charge is 0.312 e. The molecule has 2 N–H and O–H groups in total. The predicted molar refractivity (Wildman–Crippen MR) is 63.2 cm³/mol. The molecule has 2 unspecified atom stereocenters. The highest BCUT2D eigenvalue weighted by Crippen LogP contribution is 2.48. The SMILES string of the molecule is CC(C)C1CCCCC1(O)C(C)(C)C(=O)O. The van der Waals surface area contributed by atoms with Gasteiger partial charge in [-0.25, -0.2) is 0 Å². The molecular weight excluding hydrogens is 204 g/mol. The van der Waals surface area contributed by atoms with Gasteiger partial charge in [-0.2, -0.15) is 0 Å². The third-order valence-corrected chi connectivity index (χ3v) is 4.36. The second-order valence-electron chi connectivity index (χ2n) is 5.95. The summed E-state index contributed by atoms with van der Waals surface area (Å²) in [7, 11) is 0. The van der Waals surface area contributed by atoms with E-state index < -0.39 is 17.0 Å². The Balaban J connectivity index is 3.07. The topological polar surface area (TPSA) is 57.5 Å². The summed E-state index contributed by atoms with van der Waals surface area (Å²) in [5, 5.41) is 20.1. The average molecular weight is 228 g/mol. The molecule has 0 radical (unpaired) electrons. The van der Waals surface area contributed by atoms with Crippen molar-refractivity contribution in [2.24, 2.45) is 17.3 Å². The second-order valence-corrected chi connectivity index (χ2v) is 5.95. The van der Waals surface area contributed by atoms with Gasteiger partial charge in [0, 0.05) is 0 Å². The van der Waals surface area contributed by atoms with Crippen LogP contribution in [0.1, 0.15) is 53.4 Å². The third-order valence-electron chi connectivity index (χ3n) is 4.36. The molecule has 94 valence electrons. The lowest BCUT2D eigenvalue weighted by Gasteiger charge is -2.49. The zero-order valence-electron chi connectivity index (χ0n) is 10.8. The number of hydrogen-bond acceptors (Lipinski definition) is 2. The molecule has 2 atom stereocenters. The molecule has 0 saturated heterocycles. The van der Waals surface area contributed by atoms with Crippen molar-refractivity contribution >= 4 is 5.97 Å². The van der Waals surface area contributed by atoms with Crippen molar-refractivity contribution in [3.8, 4) is 0 Å². The van der Waals surface area contributed by atoms with Crippen LogP contribution in [0, 0.1) is 17.3 Å². The van der Waals surface area contributed by atoms with E-state index in [-0.39, 0.29) is 5.92 Å². The summed E-state index contributed by atoms with van der Waals surface area (Å²) in [5.74, 6) is -0.487. The van der Waals surface area contributed by atoms with Crippen LogP contribution in [0.25, 0.3) is 0 Å². The Hall–Kier alpha value is -0.570. The number of carbonyl (C=O) groups is 1. The van der Waals surface area contributed by atoms with Crippen molar-refractivity contribution in [3.63, 3.8) is 0 Å². The standard InChI is InChI=1S/C13H24O3/c1-9(2)10-7-5-6-8-13(10,16)12(3,4)11(14)15/h9-10,16H,5-8H2,1-4H3,(H,14,15). The predicted octanol–water partition coefficient (Wildman–Crippen LogP) is 2.67. The summed E-state index contributed by atoms with van der Waals surface area (Å²) < 4.78 is 0. The monoisotopic (exact) mass is 228 g/mol. The number of aliphatic carboxylic acids is 1. The van der Waals surface area contributed by atoms with Crippen molar-refractivity contribution in [2.45, 2.75) is 59.0 Å². The Labute approximate surface area is 97.9 Å². The summed E-state index contributed by atoms with van der Waals surface area (Å²) in [5.41, 5.74) is -2.13. The largest absolute Gasteiger partial charge is 0.481 e. The van der Waals surface area contributed by atoms with Crippen molar-refractivity contribution < 1.29 is 15.0 Å². The molecule has 16 heavy (non-hydrogen) atoms. The van der Waals surface area contributed by atoms with Crippen LogP contribution in [-0.4, -0.2) is 21.8 Å². The minimum absolute atomic E-state index is 0.0901. The molecular formula is C13H24O3. The summed E-state index contributed by atoms with van der Waals surface area (Å²) in [6.45, 7) is 7.43. The maximum atomic E-state index is 11.3. The zero-order chi connectivity index (χ0) is 12.6. The van der Waals surface area contributed by atoms with E-state index in [1.807, 2.05) is 0 Å². The first-order valence-corrected chi connectivity index (χ1v) is 6.19. The molecule has 1 rings (SSSR count). The molecule has 0 bridgehead atoms. The first-order valence-electron chi connectivity index (χ1n) is 6.19. The van der Waals surface area contributed by atoms with Crippen molar-refractivity contribution in [1.29, 1.82) is 0 Å². The Morgan fingerprint density at radius 3 is 2.38 bits per heavy atom. The molecule has 1 aliphatic rings. The summed E-state index contributed by atoms with van der Waals surface area (Å²) in [6, 6.07) is 0. The summed E-state index contributed by atoms with van der Waals surface area (Å²) >= 11 is 0. The summed E-state index contributed by atoms with van der Waals surface area (Å²) in [6.07, 6.45) is 3.57. The van der Waals surface area contributed by atoms with E-state index in [1.165, 1.54) is 0 Å². The minimum Gasteiger partial charge on any atom is -0.481 e. The zero-order valence-corrected chi connectivity index (χ0v) is 10.8. The number of carboxylic acids is 1. The third kappa shape index (κ3) is 1.97. The van der Waals surface area contributed by atoms with Crippen LogP contribution >= 0.6 is 0 Å². The maximum absolute atomic E-state index is 11.3. The fraction of sp³-hybridized carbons (Fsp3) is 0.923. The molecule has 3 nitrogen and oxygen atoms in total. The van der Waals surface area contributed by atoms with E-state index in [4.69, 9.17) is 0 Å². The van der Waals surface area contributed by atoms with Gasteiger partial charge in [-0.3, -0.25) is 4.79 Å². The van der Waals surface area contributed by atoms with E-state index in [2.05, 4.69) is 13.8 Å². The number of hydrogen-bond donors (Lipinski definition) is 2. The number of carboxylic acid groups (broad SMARTS) is 1. The van der Waals surface area contributed by atoms with E-state index in [9.17, 15) is 15.0 Å². The highest BCUT2D eigenvalue weighted by atomic mass is 16.4. The molecule has 3 heteroatoms. The molecule has 0 aromatic carbocycles. The quantitative estimate of drug-likeness (QED) is 0.780. The van der Waals surface area contributed by atoms with E-state index in [1.54, 1.807) is 13.8 Å². The molecule has 1 fully saturated rings. The first-order chi connectivity index (χ1) is 7.23. The molecule has 1 saturated carbocycles. The Kier molecular flexibility index (Phi) is 3.68. The van der Waals surface area contributed by atoms with Gasteiger partial charge in [0.1, 0.15) is 0 Å². The lowest BCUT2D eigenvalue weighted by molar-refractivity contribution is -0.184. The van der Waals surface area contributed by atoms with Crippen LogP contribution in [0.2, 0.25) is 0 Å². The minimum atomic E-state index is -1.07. The fourth-order valence-electron chi connectivity index (χ4n) is 3.03. The molecule has 0 aliphatic heterocycles. The maximum Gasteiger partial charge on any atom is 0.312 e. The highest BCUT2D eigenvalue weighted by molar-refractivity contribution is 5.75. The van der Waals surface area contributed by atoms with Crippen LogP contribution in [0.3, 0.4) is 0 Å². The van der Waals surface area contributed by atoms with Crippen molar-refractivity contribution in [3.05, 3.63) is 0 Å². The molecule has 0 aromatic rings. The van der Waals surface area contributed by atoms with E-state index in [0.717, 1.165) is 19.3 Å². The molecule has 0 heterocycles. The second kappa shape index (κ2) is 4.36. The van der Waals surface area contributed by atoms with E-state index in [0.29, 0.717) is 12.3 Å². The van der Waals surface area contributed by atoms with E-state index >= 15 is 0 Å². The fourth-order valence-corrected chi connectivity index (χ4v) is 3.03. The van der Waals surface area contributed by atoms with Gasteiger partial charge >= 0.3 is 5.97 Å². The summed E-state index contributed by atoms with van der Waals surface area (Å²) in [4.78, 5) is 11.3. The molecule has 0 amide bonds. The highest BCUT2D eigenvalue weighted by Gasteiger charge is 2.54. The first kappa shape index (κ1) is 13.5. The lowest BCUT2D eigenvalue weighted by atomic mass is 9.59. The lowest BCUT2D eigenvalue weighted by Crippen LogP contribution is -2.57. The normalized spacial score (nSPS) is 31.8. The van der Waals surface area contributed by atoms with Gasteiger partial charge in [-0.05, 0) is 38.5 Å². The van der Waals surface area contributed by atoms with Crippen LogP contribution in [0.15, 0.2) is 0 Å². The number of rotatable bonds is 3. The van der Waals surface area contributed by atoms with Crippen LogP contribution in [0.5, 0.6) is 0 Å². The van der Waals surface area contributed by atoms with Gasteiger partial charge in [0.25, 0.3) is 0 Å². The Morgan fingerprint density at radius 2 is 1.94 bits per heavy atom. The molecule has 1 aliphatic carbocycles. The van der Waals surface area contributed by atoms with Gasteiger partial charge < -0.3 is 10.2 Å².